The van der Waals surface area contributed by atoms with Crippen molar-refractivity contribution in [2.24, 2.45) is 0 Å². The molecule has 0 spiro atoms. The molecule has 0 aliphatic carbocycles. The number of hydrogen-bond donors (Lipinski definition) is 1. The maximum absolute atomic E-state index is 11.7. The van der Waals surface area contributed by atoms with E-state index in [1.807, 2.05) is 0 Å². The predicted octanol–water partition coefficient (Wildman–Crippen LogP) is 1.32. The molecule has 1 aliphatic heterocycles. The molecule has 1 aliphatic rings. The topological polar surface area (TPSA) is 88.7 Å². The minimum Gasteiger partial charge on any atom is -0.478 e. The maximum Gasteiger partial charge on any atom is 0.337 e. The van der Waals surface area contributed by atoms with Crippen LogP contribution in [0.3, 0.4) is 0 Å². The van der Waals surface area contributed by atoms with Crippen LogP contribution in [0.25, 0.3) is 5.52 Å². The van der Waals surface area contributed by atoms with Crippen molar-refractivity contribution < 1.29 is 18.3 Å². The molecule has 1 atom stereocenters. The third-order valence-corrected chi connectivity index (χ3v) is 5.48. The highest BCUT2D eigenvalue weighted by Crippen LogP contribution is 2.28. The van der Waals surface area contributed by atoms with Gasteiger partial charge in [-0.3, -0.25) is 0 Å². The fourth-order valence-electron chi connectivity index (χ4n) is 2.75. The summed E-state index contributed by atoms with van der Waals surface area (Å²) in [6, 6.07) is 3.15. The van der Waals surface area contributed by atoms with Crippen molar-refractivity contribution in [2.45, 2.75) is 18.8 Å². The Morgan fingerprint density at radius 1 is 1.45 bits per heavy atom. The average molecular weight is 294 g/mol. The molecule has 7 heteroatoms. The molecular weight excluding hydrogens is 280 g/mol. The lowest BCUT2D eigenvalue weighted by Gasteiger charge is -2.20. The number of carboxylic acids is 1. The number of rotatable bonds is 2. The number of aromatic carboxylic acids is 1. The minimum absolute atomic E-state index is 0.0867. The highest BCUT2D eigenvalue weighted by molar-refractivity contribution is 7.91. The zero-order valence-corrected chi connectivity index (χ0v) is 11.5. The molecule has 0 amide bonds. The number of pyridine rings is 1. The van der Waals surface area contributed by atoms with Gasteiger partial charge in [0.1, 0.15) is 5.82 Å². The van der Waals surface area contributed by atoms with Crippen LogP contribution in [0.15, 0.2) is 24.5 Å². The van der Waals surface area contributed by atoms with Gasteiger partial charge in [0.15, 0.2) is 9.84 Å². The molecule has 20 heavy (non-hydrogen) atoms. The first-order valence-electron chi connectivity index (χ1n) is 6.37. The second-order valence-corrected chi connectivity index (χ2v) is 7.28. The maximum atomic E-state index is 11.7. The first-order valence-corrected chi connectivity index (χ1v) is 8.20. The standard InChI is InChI=1S/C13H14N2O4S/c16-13(17)10-4-1-5-15-11(10)7-14-12(15)9-3-2-6-20(18,19)8-9/h1,4-5,7,9H,2-3,6,8H2,(H,16,17). The van der Waals surface area contributed by atoms with Crippen molar-refractivity contribution in [1.82, 2.24) is 9.38 Å². The lowest BCUT2D eigenvalue weighted by molar-refractivity contribution is 0.0698. The van der Waals surface area contributed by atoms with Gasteiger partial charge in [0.25, 0.3) is 0 Å². The number of imidazole rings is 1. The van der Waals surface area contributed by atoms with Crippen LogP contribution in [0, 0.1) is 0 Å². The van der Waals surface area contributed by atoms with Gasteiger partial charge in [0.05, 0.1) is 28.8 Å². The molecular formula is C13H14N2O4S. The van der Waals surface area contributed by atoms with E-state index in [4.69, 9.17) is 5.11 Å². The van der Waals surface area contributed by atoms with E-state index in [1.165, 1.54) is 12.3 Å². The molecule has 2 aromatic rings. The third-order valence-electron chi connectivity index (χ3n) is 3.66. The van der Waals surface area contributed by atoms with Crippen LogP contribution in [-0.2, 0) is 9.84 Å². The van der Waals surface area contributed by atoms with E-state index >= 15 is 0 Å². The first-order chi connectivity index (χ1) is 9.48. The molecule has 1 fully saturated rings. The zero-order valence-electron chi connectivity index (χ0n) is 10.7. The van der Waals surface area contributed by atoms with E-state index in [9.17, 15) is 13.2 Å². The molecule has 1 saturated heterocycles. The summed E-state index contributed by atoms with van der Waals surface area (Å²) in [6.07, 6.45) is 4.61. The third kappa shape index (κ3) is 2.18. The van der Waals surface area contributed by atoms with Gasteiger partial charge in [-0.05, 0) is 25.0 Å². The quantitative estimate of drug-likeness (QED) is 0.902. The van der Waals surface area contributed by atoms with E-state index in [1.54, 1.807) is 16.7 Å². The van der Waals surface area contributed by atoms with E-state index in [2.05, 4.69) is 4.98 Å². The lowest BCUT2D eigenvalue weighted by Crippen LogP contribution is -2.25. The summed E-state index contributed by atoms with van der Waals surface area (Å²) in [4.78, 5) is 15.4. The van der Waals surface area contributed by atoms with Crippen LogP contribution in [-0.4, -0.2) is 40.4 Å². The van der Waals surface area contributed by atoms with Gasteiger partial charge in [0, 0.05) is 12.1 Å². The van der Waals surface area contributed by atoms with Crippen LogP contribution in [0.5, 0.6) is 0 Å². The van der Waals surface area contributed by atoms with Crippen LogP contribution >= 0.6 is 0 Å². The molecule has 0 bridgehead atoms. The van der Waals surface area contributed by atoms with Crippen molar-refractivity contribution >= 4 is 21.3 Å². The summed E-state index contributed by atoms with van der Waals surface area (Å²) in [5, 5.41) is 9.15. The van der Waals surface area contributed by atoms with Gasteiger partial charge >= 0.3 is 5.97 Å². The Balaban J connectivity index is 2.09. The monoisotopic (exact) mass is 294 g/mol. The van der Waals surface area contributed by atoms with Gasteiger partial charge in [0.2, 0.25) is 0 Å². The van der Waals surface area contributed by atoms with E-state index in [0.717, 1.165) is 6.42 Å². The Labute approximate surface area is 116 Å². The first kappa shape index (κ1) is 13.1. The summed E-state index contributed by atoms with van der Waals surface area (Å²) in [6.45, 7) is 0. The minimum atomic E-state index is -3.02. The highest BCUT2D eigenvalue weighted by atomic mass is 32.2. The highest BCUT2D eigenvalue weighted by Gasteiger charge is 2.29. The van der Waals surface area contributed by atoms with Crippen molar-refractivity contribution in [2.75, 3.05) is 11.5 Å². The summed E-state index contributed by atoms with van der Waals surface area (Å²) in [5.74, 6) is -0.235. The number of carboxylic acid groups (broad SMARTS) is 1. The smallest absolute Gasteiger partial charge is 0.337 e. The van der Waals surface area contributed by atoms with Crippen LogP contribution in [0.2, 0.25) is 0 Å². The summed E-state index contributed by atoms with van der Waals surface area (Å²) >= 11 is 0. The number of carbonyl (C=O) groups is 1. The molecule has 106 valence electrons. The summed E-state index contributed by atoms with van der Waals surface area (Å²) < 4.78 is 25.2. The van der Waals surface area contributed by atoms with E-state index in [0.29, 0.717) is 17.8 Å². The Morgan fingerprint density at radius 2 is 2.25 bits per heavy atom. The molecule has 2 aromatic heterocycles. The van der Waals surface area contributed by atoms with E-state index < -0.39 is 15.8 Å². The molecule has 0 aromatic carbocycles. The molecule has 3 rings (SSSR count). The SMILES string of the molecule is O=C(O)c1cccn2c(C3CCCS(=O)(=O)C3)ncc12. The molecule has 0 saturated carbocycles. The zero-order chi connectivity index (χ0) is 14.3. The van der Waals surface area contributed by atoms with Gasteiger partial charge in [-0.1, -0.05) is 0 Å². The van der Waals surface area contributed by atoms with E-state index in [-0.39, 0.29) is 23.0 Å². The fraction of sp³-hybridized carbons (Fsp3) is 0.385. The van der Waals surface area contributed by atoms with Crippen LogP contribution in [0.1, 0.15) is 34.9 Å². The van der Waals surface area contributed by atoms with Crippen molar-refractivity contribution in [3.8, 4) is 0 Å². The van der Waals surface area contributed by atoms with Crippen molar-refractivity contribution in [3.05, 3.63) is 35.9 Å². The summed E-state index contributed by atoms with van der Waals surface area (Å²) in [5.41, 5.74) is 0.669. The molecule has 3 heterocycles. The average Bonchev–Trinajstić information content (AvgIpc) is 2.80. The largest absolute Gasteiger partial charge is 0.478 e. The number of nitrogens with zero attached hydrogens (tertiary/aromatic N) is 2. The lowest BCUT2D eigenvalue weighted by atomic mass is 10.0. The predicted molar refractivity (Wildman–Crippen MR) is 72.8 cm³/mol. The van der Waals surface area contributed by atoms with Gasteiger partial charge in [-0.25, -0.2) is 18.2 Å². The Kier molecular flexibility index (Phi) is 3.01. The van der Waals surface area contributed by atoms with Crippen molar-refractivity contribution in [3.63, 3.8) is 0 Å². The number of fused-ring (bicyclic) bond motifs is 1. The molecule has 6 nitrogen and oxygen atoms in total. The van der Waals surface area contributed by atoms with Crippen LogP contribution in [0.4, 0.5) is 0 Å². The van der Waals surface area contributed by atoms with Gasteiger partial charge in [-0.2, -0.15) is 0 Å². The molecule has 0 radical (unpaired) electrons. The number of aromatic nitrogens is 2. The van der Waals surface area contributed by atoms with Gasteiger partial charge < -0.3 is 9.51 Å². The Hall–Kier alpha value is -1.89. The van der Waals surface area contributed by atoms with Crippen LogP contribution < -0.4 is 0 Å². The fourth-order valence-corrected chi connectivity index (χ4v) is 4.45. The number of sulfone groups is 1. The number of hydrogen-bond acceptors (Lipinski definition) is 4. The molecule has 1 N–H and O–H groups in total. The second-order valence-electron chi connectivity index (χ2n) is 5.05. The Bertz CT molecular complexity index is 779. The van der Waals surface area contributed by atoms with Crippen molar-refractivity contribution in [1.29, 1.82) is 0 Å². The van der Waals surface area contributed by atoms with Gasteiger partial charge in [-0.15, -0.1) is 0 Å². The summed E-state index contributed by atoms with van der Waals surface area (Å²) in [7, 11) is -3.02. The Morgan fingerprint density at radius 3 is 2.95 bits per heavy atom. The normalized spacial score (nSPS) is 21.9. The second kappa shape index (κ2) is 4.59. The molecule has 1 unspecified atom stereocenters.